The topological polar surface area (TPSA) is 62.0 Å². The molecule has 84 valence electrons. The number of hydrogen-bond donors (Lipinski definition) is 3. The second kappa shape index (κ2) is 3.34. The minimum Gasteiger partial charge on any atom is -0.395 e. The molecule has 1 unspecified atom stereocenters. The summed E-state index contributed by atoms with van der Waals surface area (Å²) in [6, 6.07) is 8.10. The summed E-state index contributed by atoms with van der Waals surface area (Å²) in [5.74, 6) is 0. The van der Waals surface area contributed by atoms with E-state index in [-0.39, 0.29) is 18.1 Å². The fraction of sp³-hybridized carbons (Fsp3) is 0.385. The first kappa shape index (κ1) is 9.87. The summed E-state index contributed by atoms with van der Waals surface area (Å²) >= 11 is 0. The Labute approximate surface area is 94.3 Å². The Morgan fingerprint density at radius 1 is 1.38 bits per heavy atom. The number of nitrogens with two attached hydrogens (primary N) is 1. The maximum atomic E-state index is 9.25. The number of H-pyrrole nitrogens is 1. The molecule has 1 saturated carbocycles. The maximum Gasteiger partial charge on any atom is 0.0591 e. The molecule has 1 aromatic carbocycles. The third-order valence-electron chi connectivity index (χ3n) is 3.82. The van der Waals surface area contributed by atoms with Gasteiger partial charge in [0.25, 0.3) is 0 Å². The largest absolute Gasteiger partial charge is 0.395 e. The van der Waals surface area contributed by atoms with Crippen molar-refractivity contribution in [3.8, 4) is 0 Å². The van der Waals surface area contributed by atoms with Crippen LogP contribution in [0.1, 0.15) is 18.4 Å². The lowest BCUT2D eigenvalue weighted by Crippen LogP contribution is -2.37. The number of aliphatic hydroxyl groups excluding tert-OH is 1. The van der Waals surface area contributed by atoms with Crippen LogP contribution in [0.15, 0.2) is 30.5 Å². The molecule has 0 radical (unpaired) electrons. The molecule has 3 heteroatoms. The summed E-state index contributed by atoms with van der Waals surface area (Å²) in [6.07, 6.45) is 4.21. The number of benzene rings is 1. The molecule has 16 heavy (non-hydrogen) atoms. The van der Waals surface area contributed by atoms with Crippen molar-refractivity contribution in [2.45, 2.75) is 24.3 Å². The molecule has 0 bridgehead atoms. The van der Waals surface area contributed by atoms with E-state index in [4.69, 9.17) is 5.73 Å². The molecule has 0 spiro atoms. The first-order valence-corrected chi connectivity index (χ1v) is 5.71. The number of fused-ring (bicyclic) bond motifs is 1. The first-order valence-electron chi connectivity index (χ1n) is 5.71. The summed E-state index contributed by atoms with van der Waals surface area (Å²) in [5.41, 5.74) is 8.46. The number of rotatable bonds is 3. The smallest absolute Gasteiger partial charge is 0.0591 e. The normalized spacial score (nSPS) is 19.9. The van der Waals surface area contributed by atoms with Crippen molar-refractivity contribution >= 4 is 10.9 Å². The molecular weight excluding hydrogens is 200 g/mol. The van der Waals surface area contributed by atoms with E-state index in [0.29, 0.717) is 0 Å². The van der Waals surface area contributed by atoms with Crippen LogP contribution < -0.4 is 5.73 Å². The highest BCUT2D eigenvalue weighted by Gasteiger charge is 2.50. The minimum atomic E-state index is -0.147. The van der Waals surface area contributed by atoms with E-state index < -0.39 is 0 Å². The second-order valence-corrected chi connectivity index (χ2v) is 4.69. The van der Waals surface area contributed by atoms with Gasteiger partial charge in [0.1, 0.15) is 0 Å². The van der Waals surface area contributed by atoms with Crippen molar-refractivity contribution in [1.29, 1.82) is 0 Å². The third-order valence-corrected chi connectivity index (χ3v) is 3.82. The molecule has 1 heterocycles. The van der Waals surface area contributed by atoms with E-state index >= 15 is 0 Å². The van der Waals surface area contributed by atoms with E-state index in [9.17, 15) is 5.11 Å². The van der Waals surface area contributed by atoms with E-state index in [1.165, 1.54) is 10.9 Å². The Bertz CT molecular complexity index is 513. The summed E-state index contributed by atoms with van der Waals surface area (Å²) in [7, 11) is 0. The molecule has 3 nitrogen and oxygen atoms in total. The van der Waals surface area contributed by atoms with Gasteiger partial charge in [0.15, 0.2) is 0 Å². The Kier molecular flexibility index (Phi) is 2.06. The number of nitrogens with one attached hydrogen (secondary N) is 1. The van der Waals surface area contributed by atoms with Gasteiger partial charge in [-0.15, -0.1) is 0 Å². The molecular formula is C13H16N2O. The highest BCUT2D eigenvalue weighted by molar-refractivity contribution is 5.84. The second-order valence-electron chi connectivity index (χ2n) is 4.69. The van der Waals surface area contributed by atoms with Gasteiger partial charge in [-0.25, -0.2) is 0 Å². The monoisotopic (exact) mass is 216 g/mol. The summed E-state index contributed by atoms with van der Waals surface area (Å²) in [6.45, 7) is 0.0551. The van der Waals surface area contributed by atoms with Gasteiger partial charge in [-0.1, -0.05) is 18.2 Å². The summed E-state index contributed by atoms with van der Waals surface area (Å²) in [4.78, 5) is 3.28. The molecule has 1 aromatic heterocycles. The average Bonchev–Trinajstić information content (AvgIpc) is 3.02. The standard InChI is InChI=1S/C13H16N2O/c14-12(8-16)13(5-6-13)10-7-15-11-4-2-1-3-9(10)11/h1-4,7,12,15-16H,5-6,8,14H2. The van der Waals surface area contributed by atoms with Crippen molar-refractivity contribution in [1.82, 2.24) is 4.98 Å². The molecule has 1 aliphatic carbocycles. The molecule has 4 N–H and O–H groups in total. The lowest BCUT2D eigenvalue weighted by Gasteiger charge is -2.20. The fourth-order valence-corrected chi connectivity index (χ4v) is 2.63. The number of hydrogen-bond acceptors (Lipinski definition) is 2. The van der Waals surface area contributed by atoms with Gasteiger partial charge in [0.2, 0.25) is 0 Å². The van der Waals surface area contributed by atoms with Crippen LogP contribution in [0.4, 0.5) is 0 Å². The third kappa shape index (κ3) is 1.22. The Morgan fingerprint density at radius 3 is 2.81 bits per heavy atom. The van der Waals surface area contributed by atoms with E-state index in [2.05, 4.69) is 17.1 Å². The number of aromatic nitrogens is 1. The van der Waals surface area contributed by atoms with Gasteiger partial charge in [0.05, 0.1) is 6.61 Å². The Morgan fingerprint density at radius 2 is 2.12 bits per heavy atom. The predicted molar refractivity (Wildman–Crippen MR) is 64.3 cm³/mol. The van der Waals surface area contributed by atoms with Crippen molar-refractivity contribution < 1.29 is 5.11 Å². The zero-order chi connectivity index (χ0) is 11.2. The number of aliphatic hydroxyl groups is 1. The molecule has 0 saturated heterocycles. The van der Waals surface area contributed by atoms with Crippen LogP contribution in [0, 0.1) is 0 Å². The quantitative estimate of drug-likeness (QED) is 0.728. The zero-order valence-electron chi connectivity index (χ0n) is 9.11. The van der Waals surface area contributed by atoms with Gasteiger partial charge in [0, 0.05) is 28.6 Å². The molecule has 0 amide bonds. The first-order chi connectivity index (χ1) is 7.78. The van der Waals surface area contributed by atoms with Crippen LogP contribution in [0.25, 0.3) is 10.9 Å². The molecule has 1 aliphatic rings. The predicted octanol–water partition coefficient (Wildman–Crippen LogP) is 1.52. The van der Waals surface area contributed by atoms with Gasteiger partial charge in [-0.05, 0) is 24.5 Å². The molecule has 2 aromatic rings. The lowest BCUT2D eigenvalue weighted by molar-refractivity contribution is 0.243. The van der Waals surface area contributed by atoms with Crippen molar-refractivity contribution in [2.24, 2.45) is 5.73 Å². The maximum absolute atomic E-state index is 9.25. The lowest BCUT2D eigenvalue weighted by atomic mass is 9.88. The fourth-order valence-electron chi connectivity index (χ4n) is 2.63. The van der Waals surface area contributed by atoms with Gasteiger partial charge >= 0.3 is 0 Å². The van der Waals surface area contributed by atoms with Crippen LogP contribution >= 0.6 is 0 Å². The minimum absolute atomic E-state index is 0.00829. The van der Waals surface area contributed by atoms with Crippen molar-refractivity contribution in [2.75, 3.05) is 6.61 Å². The van der Waals surface area contributed by atoms with E-state index in [1.807, 2.05) is 18.3 Å². The highest BCUT2D eigenvalue weighted by Crippen LogP contribution is 2.52. The van der Waals surface area contributed by atoms with Crippen LogP contribution in [0.5, 0.6) is 0 Å². The molecule has 0 aliphatic heterocycles. The van der Waals surface area contributed by atoms with Crippen molar-refractivity contribution in [3.63, 3.8) is 0 Å². The van der Waals surface area contributed by atoms with Crippen molar-refractivity contribution in [3.05, 3.63) is 36.0 Å². The van der Waals surface area contributed by atoms with Gasteiger partial charge in [-0.3, -0.25) is 0 Å². The molecule has 1 fully saturated rings. The van der Waals surface area contributed by atoms with Gasteiger partial charge < -0.3 is 15.8 Å². The molecule has 1 atom stereocenters. The van der Waals surface area contributed by atoms with E-state index in [1.54, 1.807) is 0 Å². The van der Waals surface area contributed by atoms with Crippen LogP contribution in [0.2, 0.25) is 0 Å². The average molecular weight is 216 g/mol. The Balaban J connectivity index is 2.13. The Hall–Kier alpha value is -1.32. The van der Waals surface area contributed by atoms with Crippen LogP contribution in [-0.4, -0.2) is 22.7 Å². The number of aromatic amines is 1. The van der Waals surface area contributed by atoms with Gasteiger partial charge in [-0.2, -0.15) is 0 Å². The molecule has 3 rings (SSSR count). The summed E-state index contributed by atoms with van der Waals surface area (Å²) < 4.78 is 0. The zero-order valence-corrected chi connectivity index (χ0v) is 9.11. The summed E-state index contributed by atoms with van der Waals surface area (Å²) in [5, 5.41) is 10.5. The highest BCUT2D eigenvalue weighted by atomic mass is 16.3. The SMILES string of the molecule is NC(CO)C1(c2c[nH]c3ccccc23)CC1. The van der Waals surface area contributed by atoms with Crippen LogP contribution in [0.3, 0.4) is 0 Å². The van der Waals surface area contributed by atoms with E-state index in [0.717, 1.165) is 18.4 Å². The van der Waals surface area contributed by atoms with Crippen LogP contribution in [-0.2, 0) is 5.41 Å². The number of para-hydroxylation sites is 1.